The van der Waals surface area contributed by atoms with Crippen molar-refractivity contribution in [3.63, 3.8) is 0 Å². The Hall–Kier alpha value is -3.89. The number of carbonyl (C=O) groups excluding carboxylic acids is 2. The second-order valence-electron chi connectivity index (χ2n) is 6.67. The van der Waals surface area contributed by atoms with Crippen molar-refractivity contribution in [2.24, 2.45) is 5.73 Å². The summed E-state index contributed by atoms with van der Waals surface area (Å²) in [5.74, 6) is -1.57. The number of carboxylic acids is 1. The number of hydrogen-bond donors (Lipinski definition) is 5. The number of amidine groups is 1. The van der Waals surface area contributed by atoms with Gasteiger partial charge in [-0.1, -0.05) is 42.8 Å². The lowest BCUT2D eigenvalue weighted by Gasteiger charge is -2.15. The van der Waals surface area contributed by atoms with Crippen molar-refractivity contribution in [3.05, 3.63) is 41.7 Å². The Morgan fingerprint density at radius 1 is 1.29 bits per heavy atom. The molecule has 0 spiro atoms. The van der Waals surface area contributed by atoms with Crippen molar-refractivity contribution < 1.29 is 28.8 Å². The Morgan fingerprint density at radius 2 is 2.00 bits per heavy atom. The van der Waals surface area contributed by atoms with Gasteiger partial charge in [0.25, 0.3) is 0 Å². The Bertz CT molecular complexity index is 924. The van der Waals surface area contributed by atoms with E-state index in [1.54, 1.807) is 30.3 Å². The van der Waals surface area contributed by atoms with Crippen molar-refractivity contribution in [1.82, 2.24) is 15.8 Å². The summed E-state index contributed by atoms with van der Waals surface area (Å²) >= 11 is 0. The number of alkyl carbamates (subject to hydrolysis) is 1. The van der Waals surface area contributed by atoms with Gasteiger partial charge in [0.05, 0.1) is 13.0 Å². The van der Waals surface area contributed by atoms with Gasteiger partial charge in [-0.3, -0.25) is 10.2 Å². The van der Waals surface area contributed by atoms with Gasteiger partial charge in [0.15, 0.2) is 0 Å². The van der Waals surface area contributed by atoms with Crippen LogP contribution in [0.3, 0.4) is 0 Å². The third-order valence-electron chi connectivity index (χ3n) is 4.21. The maximum atomic E-state index is 12.1. The van der Waals surface area contributed by atoms with Crippen molar-refractivity contribution >= 4 is 23.8 Å². The molecule has 0 saturated carbocycles. The highest BCUT2D eigenvalue weighted by molar-refractivity contribution is 5.95. The molecule has 1 aromatic heterocycles. The van der Waals surface area contributed by atoms with Crippen LogP contribution in [0.25, 0.3) is 11.3 Å². The number of carbonyl (C=O) groups is 3. The van der Waals surface area contributed by atoms with Crippen molar-refractivity contribution in [3.8, 4) is 11.3 Å². The van der Waals surface area contributed by atoms with E-state index in [0.29, 0.717) is 17.7 Å². The highest BCUT2D eigenvalue weighted by Crippen LogP contribution is 2.20. The first-order chi connectivity index (χ1) is 14.8. The molecule has 31 heavy (non-hydrogen) atoms. The number of benzene rings is 1. The number of aromatic nitrogens is 1. The summed E-state index contributed by atoms with van der Waals surface area (Å²) in [4.78, 5) is 35.0. The lowest BCUT2D eigenvalue weighted by molar-refractivity contribution is -0.139. The molecule has 1 aromatic carbocycles. The lowest BCUT2D eigenvalue weighted by Crippen LogP contribution is -2.48. The zero-order valence-electron chi connectivity index (χ0n) is 17.0. The summed E-state index contributed by atoms with van der Waals surface area (Å²) in [6.07, 6.45) is 0.484. The predicted octanol–water partition coefficient (Wildman–Crippen LogP) is 1.26. The van der Waals surface area contributed by atoms with Crippen LogP contribution in [0.2, 0.25) is 0 Å². The van der Waals surface area contributed by atoms with E-state index >= 15 is 0 Å². The van der Waals surface area contributed by atoms with Gasteiger partial charge in [0.2, 0.25) is 5.91 Å². The van der Waals surface area contributed by atoms with E-state index in [1.165, 1.54) is 0 Å². The second kappa shape index (κ2) is 11.3. The fourth-order valence-electron chi connectivity index (χ4n) is 2.48. The van der Waals surface area contributed by atoms with Crippen LogP contribution in [0, 0.1) is 5.41 Å². The molecule has 11 heteroatoms. The minimum Gasteiger partial charge on any atom is -0.480 e. The van der Waals surface area contributed by atoms with Crippen LogP contribution in [-0.2, 0) is 20.7 Å². The van der Waals surface area contributed by atoms with E-state index in [-0.39, 0.29) is 31.2 Å². The Kier molecular flexibility index (Phi) is 8.55. The van der Waals surface area contributed by atoms with E-state index in [2.05, 4.69) is 15.8 Å². The van der Waals surface area contributed by atoms with Gasteiger partial charge in [0, 0.05) is 23.7 Å². The Balaban J connectivity index is 1.86. The normalized spacial score (nSPS) is 11.4. The fourth-order valence-corrected chi connectivity index (χ4v) is 2.48. The van der Waals surface area contributed by atoms with Crippen LogP contribution in [0.1, 0.15) is 31.1 Å². The third-order valence-corrected chi connectivity index (χ3v) is 4.21. The van der Waals surface area contributed by atoms with E-state index in [1.807, 2.05) is 6.92 Å². The summed E-state index contributed by atoms with van der Waals surface area (Å²) in [6, 6.07) is 7.04. The topological polar surface area (TPSA) is 181 Å². The number of nitrogens with zero attached hydrogens (tertiary/aromatic N) is 1. The predicted molar refractivity (Wildman–Crippen MR) is 110 cm³/mol. The average molecular weight is 431 g/mol. The largest absolute Gasteiger partial charge is 0.480 e. The fraction of sp³-hybridized carbons (Fsp3) is 0.350. The van der Waals surface area contributed by atoms with Crippen molar-refractivity contribution in [2.75, 3.05) is 13.2 Å². The number of nitrogens with two attached hydrogens (primary N) is 1. The van der Waals surface area contributed by atoms with Gasteiger partial charge >= 0.3 is 12.1 Å². The standard InChI is InChI=1S/C20H25N5O6/c1-2-3-8-30-20(29)24-16(19(27)28)11-23-17(26)10-14-9-15(25-31-14)12-4-6-13(7-5-12)18(21)22/h4-7,9,16H,2-3,8,10-11H2,1H3,(H3,21,22)(H,23,26)(H,24,29)(H,27,28). The molecule has 0 aliphatic heterocycles. The number of carboxylic acid groups (broad SMARTS) is 1. The number of nitrogen functional groups attached to an aromatic ring is 1. The molecule has 2 amide bonds. The van der Waals surface area contributed by atoms with Gasteiger partial charge in [-0.2, -0.15) is 0 Å². The van der Waals surface area contributed by atoms with Gasteiger partial charge in [0.1, 0.15) is 23.3 Å². The van der Waals surface area contributed by atoms with E-state index in [9.17, 15) is 19.5 Å². The van der Waals surface area contributed by atoms with Crippen LogP contribution in [-0.4, -0.2) is 53.3 Å². The third kappa shape index (κ3) is 7.46. The van der Waals surface area contributed by atoms with Gasteiger partial charge < -0.3 is 30.7 Å². The number of rotatable bonds is 11. The molecule has 1 atom stereocenters. The average Bonchev–Trinajstić information content (AvgIpc) is 3.19. The highest BCUT2D eigenvalue weighted by atomic mass is 16.5. The number of nitrogens with one attached hydrogen (secondary N) is 3. The van der Waals surface area contributed by atoms with Gasteiger partial charge in [-0.05, 0) is 6.42 Å². The number of unbranched alkanes of at least 4 members (excludes halogenated alkanes) is 1. The molecule has 1 unspecified atom stereocenters. The highest BCUT2D eigenvalue weighted by Gasteiger charge is 2.22. The van der Waals surface area contributed by atoms with Crippen LogP contribution >= 0.6 is 0 Å². The summed E-state index contributed by atoms with van der Waals surface area (Å²) in [5, 5.41) is 25.1. The monoisotopic (exact) mass is 431 g/mol. The Labute approximate surface area is 178 Å². The molecule has 0 aliphatic carbocycles. The molecular weight excluding hydrogens is 406 g/mol. The number of aliphatic carboxylic acids is 1. The molecule has 1 heterocycles. The molecule has 0 saturated heterocycles. The number of hydrogen-bond acceptors (Lipinski definition) is 7. The van der Waals surface area contributed by atoms with Crippen molar-refractivity contribution in [2.45, 2.75) is 32.2 Å². The molecule has 11 nitrogen and oxygen atoms in total. The van der Waals surface area contributed by atoms with E-state index in [0.717, 1.165) is 12.0 Å². The molecule has 0 aliphatic rings. The number of ether oxygens (including phenoxy) is 1. The molecule has 0 radical (unpaired) electrons. The molecule has 6 N–H and O–H groups in total. The number of amides is 2. The first-order valence-electron chi connectivity index (χ1n) is 9.63. The minimum absolute atomic E-state index is 0.0487. The SMILES string of the molecule is CCCCOC(=O)NC(CNC(=O)Cc1cc(-c2ccc(C(=N)N)cc2)no1)C(=O)O. The van der Waals surface area contributed by atoms with Crippen LogP contribution < -0.4 is 16.4 Å². The summed E-state index contributed by atoms with van der Waals surface area (Å²) in [5.41, 5.74) is 7.21. The summed E-state index contributed by atoms with van der Waals surface area (Å²) < 4.78 is 10.0. The molecule has 0 bridgehead atoms. The molecule has 2 rings (SSSR count). The minimum atomic E-state index is -1.33. The second-order valence-corrected chi connectivity index (χ2v) is 6.67. The molecule has 0 fully saturated rings. The first-order valence-corrected chi connectivity index (χ1v) is 9.63. The Morgan fingerprint density at radius 3 is 2.61 bits per heavy atom. The van der Waals surface area contributed by atoms with Crippen LogP contribution in [0.15, 0.2) is 34.9 Å². The lowest BCUT2D eigenvalue weighted by atomic mass is 10.1. The molecular formula is C20H25N5O6. The van der Waals surface area contributed by atoms with Crippen molar-refractivity contribution in [1.29, 1.82) is 5.41 Å². The maximum Gasteiger partial charge on any atom is 0.407 e. The molecule has 166 valence electrons. The zero-order valence-corrected chi connectivity index (χ0v) is 17.0. The van der Waals surface area contributed by atoms with Gasteiger partial charge in [-0.25, -0.2) is 9.59 Å². The van der Waals surface area contributed by atoms with Crippen LogP contribution in [0.4, 0.5) is 4.79 Å². The van der Waals surface area contributed by atoms with Gasteiger partial charge in [-0.15, -0.1) is 0 Å². The maximum absolute atomic E-state index is 12.1. The van der Waals surface area contributed by atoms with E-state index < -0.39 is 24.0 Å². The summed E-state index contributed by atoms with van der Waals surface area (Å²) in [7, 11) is 0. The van der Waals surface area contributed by atoms with Crippen LogP contribution in [0.5, 0.6) is 0 Å². The first kappa shape index (κ1) is 23.4. The zero-order chi connectivity index (χ0) is 22.8. The molecule has 2 aromatic rings. The quantitative estimate of drug-likeness (QED) is 0.200. The summed E-state index contributed by atoms with van der Waals surface area (Å²) in [6.45, 7) is 1.80. The van der Waals surface area contributed by atoms with E-state index in [4.69, 9.17) is 20.4 Å². The smallest absolute Gasteiger partial charge is 0.407 e.